The summed E-state index contributed by atoms with van der Waals surface area (Å²) in [5.41, 5.74) is 1.15. The molecule has 0 spiro atoms. The number of likely N-dealkylation sites (tertiary alicyclic amines) is 1. The average Bonchev–Trinajstić information content (AvgIpc) is 3.08. The number of rotatable bonds is 9. The molecule has 1 atom stereocenters. The Bertz CT molecular complexity index is 539. The summed E-state index contributed by atoms with van der Waals surface area (Å²) in [7, 11) is 1.70. The van der Waals surface area contributed by atoms with Crippen LogP contribution in [0.15, 0.2) is 29.3 Å². The number of halogens is 1. The highest BCUT2D eigenvalue weighted by molar-refractivity contribution is 6.31. The Morgan fingerprint density at radius 3 is 2.96 bits per heavy atom. The largest absolute Gasteiger partial charge is 0.382 e. The van der Waals surface area contributed by atoms with Gasteiger partial charge in [-0.15, -0.1) is 0 Å². The maximum atomic E-state index is 6.22. The molecule has 25 heavy (non-hydrogen) atoms. The van der Waals surface area contributed by atoms with Crippen LogP contribution in [0.4, 0.5) is 0 Å². The van der Waals surface area contributed by atoms with Gasteiger partial charge in [-0.05, 0) is 31.4 Å². The Labute approximate surface area is 156 Å². The first-order valence-electron chi connectivity index (χ1n) is 9.08. The third kappa shape index (κ3) is 6.84. The van der Waals surface area contributed by atoms with Gasteiger partial charge in [0.1, 0.15) is 0 Å². The van der Waals surface area contributed by atoms with E-state index in [1.54, 1.807) is 7.11 Å². The molecule has 1 heterocycles. The summed E-state index contributed by atoms with van der Waals surface area (Å²) in [4.78, 5) is 7.12. The van der Waals surface area contributed by atoms with E-state index < -0.39 is 0 Å². The second kappa shape index (κ2) is 11.3. The Balaban J connectivity index is 1.82. The van der Waals surface area contributed by atoms with Crippen LogP contribution < -0.4 is 5.32 Å². The van der Waals surface area contributed by atoms with Crippen LogP contribution >= 0.6 is 11.6 Å². The monoisotopic (exact) mass is 367 g/mol. The van der Waals surface area contributed by atoms with Crippen molar-refractivity contribution in [3.05, 3.63) is 34.9 Å². The normalized spacial score (nSPS) is 18.0. The Morgan fingerprint density at radius 1 is 1.36 bits per heavy atom. The highest BCUT2D eigenvalue weighted by atomic mass is 35.5. The standard InChI is InChI=1S/C19H30ClN3O2/c1-3-21-19(22-10-8-17-6-4-5-7-18(17)20)23-11-9-16(14-23)15-25-13-12-24-2/h4-7,16H,3,8-15H2,1-2H3,(H,21,22). The zero-order valence-corrected chi connectivity index (χ0v) is 16.1. The number of methoxy groups -OCH3 is 1. The molecule has 6 heteroatoms. The van der Waals surface area contributed by atoms with E-state index in [9.17, 15) is 0 Å². The van der Waals surface area contributed by atoms with Crippen LogP contribution in [-0.4, -0.2) is 64.0 Å². The minimum Gasteiger partial charge on any atom is -0.382 e. The van der Waals surface area contributed by atoms with Crippen LogP contribution in [0.2, 0.25) is 5.02 Å². The summed E-state index contributed by atoms with van der Waals surface area (Å²) in [5.74, 6) is 1.55. The molecule has 1 fully saturated rings. The van der Waals surface area contributed by atoms with Crippen LogP contribution in [-0.2, 0) is 15.9 Å². The molecular weight excluding hydrogens is 338 g/mol. The summed E-state index contributed by atoms with van der Waals surface area (Å²) in [6, 6.07) is 7.97. The number of benzene rings is 1. The van der Waals surface area contributed by atoms with Crippen LogP contribution in [0.25, 0.3) is 0 Å². The lowest BCUT2D eigenvalue weighted by Gasteiger charge is -2.21. The van der Waals surface area contributed by atoms with Crippen molar-refractivity contribution < 1.29 is 9.47 Å². The van der Waals surface area contributed by atoms with Crippen LogP contribution in [0.3, 0.4) is 0 Å². The zero-order chi connectivity index (χ0) is 17.9. The second-order valence-corrected chi connectivity index (χ2v) is 6.65. The smallest absolute Gasteiger partial charge is 0.193 e. The van der Waals surface area contributed by atoms with Crippen LogP contribution in [0.1, 0.15) is 18.9 Å². The number of nitrogens with zero attached hydrogens (tertiary/aromatic N) is 2. The van der Waals surface area contributed by atoms with Gasteiger partial charge in [0.05, 0.1) is 19.8 Å². The molecule has 1 aliphatic rings. The van der Waals surface area contributed by atoms with Crippen molar-refractivity contribution >= 4 is 17.6 Å². The number of hydrogen-bond donors (Lipinski definition) is 1. The summed E-state index contributed by atoms with van der Waals surface area (Å²) < 4.78 is 10.7. The van der Waals surface area contributed by atoms with Crippen LogP contribution in [0, 0.1) is 5.92 Å². The van der Waals surface area contributed by atoms with Crippen molar-refractivity contribution in [1.29, 1.82) is 0 Å². The van der Waals surface area contributed by atoms with E-state index in [4.69, 9.17) is 26.1 Å². The summed E-state index contributed by atoms with van der Waals surface area (Å²) in [6.45, 7) is 7.83. The van der Waals surface area contributed by atoms with E-state index in [2.05, 4.69) is 23.2 Å². The van der Waals surface area contributed by atoms with Gasteiger partial charge in [-0.3, -0.25) is 4.99 Å². The lowest BCUT2D eigenvalue weighted by molar-refractivity contribution is 0.0536. The first kappa shape index (κ1) is 20.0. The van der Waals surface area contributed by atoms with Gasteiger partial charge in [0.15, 0.2) is 5.96 Å². The molecule has 0 amide bonds. The molecule has 0 radical (unpaired) electrons. The first-order chi connectivity index (χ1) is 12.2. The van der Waals surface area contributed by atoms with E-state index >= 15 is 0 Å². The molecule has 0 aromatic heterocycles. The van der Waals surface area contributed by atoms with E-state index in [1.807, 2.05) is 18.2 Å². The predicted octanol–water partition coefficient (Wildman–Crippen LogP) is 2.83. The molecule has 1 aliphatic heterocycles. The predicted molar refractivity (Wildman–Crippen MR) is 104 cm³/mol. The van der Waals surface area contributed by atoms with Crippen molar-refractivity contribution in [1.82, 2.24) is 10.2 Å². The van der Waals surface area contributed by atoms with Gasteiger partial charge in [0.2, 0.25) is 0 Å². The van der Waals surface area contributed by atoms with E-state index in [0.29, 0.717) is 19.1 Å². The molecule has 2 rings (SSSR count). The maximum Gasteiger partial charge on any atom is 0.193 e. The summed E-state index contributed by atoms with van der Waals surface area (Å²) >= 11 is 6.22. The van der Waals surface area contributed by atoms with Crippen molar-refractivity contribution in [3.8, 4) is 0 Å². The molecule has 0 aliphatic carbocycles. The highest BCUT2D eigenvalue weighted by Gasteiger charge is 2.24. The zero-order valence-electron chi connectivity index (χ0n) is 15.3. The fourth-order valence-electron chi connectivity index (χ4n) is 2.96. The number of nitrogens with one attached hydrogen (secondary N) is 1. The van der Waals surface area contributed by atoms with Crippen molar-refractivity contribution in [2.45, 2.75) is 19.8 Å². The van der Waals surface area contributed by atoms with Gasteiger partial charge in [-0.25, -0.2) is 0 Å². The molecular formula is C19H30ClN3O2. The lowest BCUT2D eigenvalue weighted by Crippen LogP contribution is -2.40. The minimum atomic E-state index is 0.560. The fraction of sp³-hybridized carbons (Fsp3) is 0.632. The fourth-order valence-corrected chi connectivity index (χ4v) is 3.19. The maximum absolute atomic E-state index is 6.22. The SMILES string of the molecule is CCNC(=NCCc1ccccc1Cl)N1CCC(COCCOC)C1. The van der Waals surface area contributed by atoms with Crippen molar-refractivity contribution in [2.24, 2.45) is 10.9 Å². The molecule has 1 aromatic carbocycles. The third-order valence-corrected chi connectivity index (χ3v) is 4.67. The van der Waals surface area contributed by atoms with Gasteiger partial charge < -0.3 is 19.7 Å². The van der Waals surface area contributed by atoms with Crippen molar-refractivity contribution in [2.75, 3.05) is 53.1 Å². The molecule has 0 saturated carbocycles. The third-order valence-electron chi connectivity index (χ3n) is 4.31. The first-order valence-corrected chi connectivity index (χ1v) is 9.45. The van der Waals surface area contributed by atoms with E-state index in [-0.39, 0.29) is 0 Å². The van der Waals surface area contributed by atoms with Crippen LogP contribution in [0.5, 0.6) is 0 Å². The Kier molecular flexibility index (Phi) is 9.08. The number of hydrogen-bond acceptors (Lipinski definition) is 3. The molecule has 1 unspecified atom stereocenters. The molecule has 1 N–H and O–H groups in total. The van der Waals surface area contributed by atoms with Gasteiger partial charge in [0, 0.05) is 44.2 Å². The van der Waals surface area contributed by atoms with E-state index in [0.717, 1.165) is 62.2 Å². The number of guanidine groups is 1. The molecule has 1 aromatic rings. The van der Waals surface area contributed by atoms with Gasteiger partial charge in [-0.1, -0.05) is 29.8 Å². The molecule has 1 saturated heterocycles. The number of ether oxygens (including phenoxy) is 2. The highest BCUT2D eigenvalue weighted by Crippen LogP contribution is 2.18. The average molecular weight is 368 g/mol. The lowest BCUT2D eigenvalue weighted by atomic mass is 10.1. The summed E-state index contributed by atoms with van der Waals surface area (Å²) in [5, 5.41) is 4.22. The van der Waals surface area contributed by atoms with Crippen molar-refractivity contribution in [3.63, 3.8) is 0 Å². The molecule has 5 nitrogen and oxygen atoms in total. The van der Waals surface area contributed by atoms with Gasteiger partial charge in [-0.2, -0.15) is 0 Å². The van der Waals surface area contributed by atoms with E-state index in [1.165, 1.54) is 0 Å². The Hall–Kier alpha value is -1.30. The molecule has 140 valence electrons. The second-order valence-electron chi connectivity index (χ2n) is 6.25. The van der Waals surface area contributed by atoms with Gasteiger partial charge in [0.25, 0.3) is 0 Å². The summed E-state index contributed by atoms with van der Waals surface area (Å²) in [6.07, 6.45) is 1.99. The minimum absolute atomic E-state index is 0.560. The quantitative estimate of drug-likeness (QED) is 0.414. The van der Waals surface area contributed by atoms with Gasteiger partial charge >= 0.3 is 0 Å². The topological polar surface area (TPSA) is 46.1 Å². The molecule has 0 bridgehead atoms. The number of aliphatic imine (C=N–C) groups is 1. The Morgan fingerprint density at radius 2 is 2.20 bits per heavy atom.